The Bertz CT molecular complexity index is 669. The molecule has 1 saturated heterocycles. The smallest absolute Gasteiger partial charge is 0.274 e. The Labute approximate surface area is 137 Å². The number of para-hydroxylation sites is 1. The van der Waals surface area contributed by atoms with E-state index >= 15 is 0 Å². The number of benzene rings is 1. The summed E-state index contributed by atoms with van der Waals surface area (Å²) in [7, 11) is -1.57. The molecule has 1 atom stereocenters. The first kappa shape index (κ1) is 17.8. The predicted octanol–water partition coefficient (Wildman–Crippen LogP) is 2.01. The van der Waals surface area contributed by atoms with Crippen LogP contribution in [0.15, 0.2) is 24.3 Å². The van der Waals surface area contributed by atoms with E-state index in [1.54, 1.807) is 19.2 Å². The number of nitro groups is 1. The maximum absolute atomic E-state index is 11.6. The van der Waals surface area contributed by atoms with Gasteiger partial charge in [0.2, 0.25) is 10.0 Å². The summed E-state index contributed by atoms with van der Waals surface area (Å²) in [6, 6.07) is 6.72. The van der Waals surface area contributed by atoms with Crippen LogP contribution in [-0.4, -0.2) is 55.0 Å². The molecule has 23 heavy (non-hydrogen) atoms. The van der Waals surface area contributed by atoms with Crippen LogP contribution in [0.25, 0.3) is 0 Å². The molecule has 1 aromatic rings. The van der Waals surface area contributed by atoms with E-state index in [1.807, 2.05) is 13.0 Å². The highest BCUT2D eigenvalue weighted by Crippen LogP contribution is 2.31. The summed E-state index contributed by atoms with van der Waals surface area (Å²) in [5, 5.41) is 11.2. The van der Waals surface area contributed by atoms with Gasteiger partial charge in [0.15, 0.2) is 0 Å². The Morgan fingerprint density at radius 3 is 2.39 bits per heavy atom. The monoisotopic (exact) mass is 341 g/mol. The van der Waals surface area contributed by atoms with Crippen molar-refractivity contribution in [1.29, 1.82) is 0 Å². The van der Waals surface area contributed by atoms with Gasteiger partial charge in [-0.15, -0.1) is 0 Å². The van der Waals surface area contributed by atoms with E-state index in [4.69, 9.17) is 0 Å². The van der Waals surface area contributed by atoms with Crippen molar-refractivity contribution in [2.24, 2.45) is 0 Å². The molecule has 0 aromatic heterocycles. The normalized spacial score (nSPS) is 19.0. The van der Waals surface area contributed by atoms with Crippen LogP contribution in [0, 0.1) is 10.1 Å². The molecular weight excluding hydrogens is 318 g/mol. The molecule has 128 valence electrons. The van der Waals surface area contributed by atoms with E-state index in [-0.39, 0.29) is 22.7 Å². The highest BCUT2D eigenvalue weighted by Gasteiger charge is 2.31. The van der Waals surface area contributed by atoms with E-state index < -0.39 is 10.0 Å². The van der Waals surface area contributed by atoms with E-state index in [9.17, 15) is 18.5 Å². The number of hydrogen-bond donors (Lipinski definition) is 0. The largest absolute Gasteiger partial charge is 0.296 e. The molecule has 0 aliphatic carbocycles. The van der Waals surface area contributed by atoms with E-state index in [0.717, 1.165) is 25.9 Å². The van der Waals surface area contributed by atoms with Gasteiger partial charge < -0.3 is 0 Å². The number of hydrogen-bond acceptors (Lipinski definition) is 5. The van der Waals surface area contributed by atoms with Gasteiger partial charge in [-0.2, -0.15) is 0 Å². The van der Waals surface area contributed by atoms with Crippen molar-refractivity contribution in [3.63, 3.8) is 0 Å². The molecule has 0 spiro atoms. The maximum Gasteiger partial charge on any atom is 0.274 e. The molecule has 0 radical (unpaired) electrons. The van der Waals surface area contributed by atoms with Gasteiger partial charge in [-0.25, -0.2) is 12.7 Å². The second kappa shape index (κ2) is 6.94. The Kier molecular flexibility index (Phi) is 5.38. The Morgan fingerprint density at radius 2 is 1.87 bits per heavy atom. The summed E-state index contributed by atoms with van der Waals surface area (Å²) in [6.45, 7) is 3.40. The van der Waals surface area contributed by atoms with Gasteiger partial charge in [-0.3, -0.25) is 15.0 Å². The summed E-state index contributed by atoms with van der Waals surface area (Å²) >= 11 is 0. The summed E-state index contributed by atoms with van der Waals surface area (Å²) in [5.74, 6) is 0. The van der Waals surface area contributed by atoms with Crippen LogP contribution in [0.5, 0.6) is 0 Å². The number of likely N-dealkylation sites (tertiary alicyclic amines) is 1. The number of piperidine rings is 1. The second-order valence-electron chi connectivity index (χ2n) is 6.04. The fourth-order valence-electron chi connectivity index (χ4n) is 3.11. The number of nitrogens with zero attached hydrogens (tertiary/aromatic N) is 3. The molecule has 0 N–H and O–H groups in total. The fraction of sp³-hybridized carbons (Fsp3) is 0.600. The third-order valence-corrected chi connectivity index (χ3v) is 6.01. The molecule has 1 fully saturated rings. The third kappa shape index (κ3) is 4.07. The number of sulfonamides is 1. The zero-order valence-corrected chi connectivity index (χ0v) is 14.5. The summed E-state index contributed by atoms with van der Waals surface area (Å²) in [5.41, 5.74) is 0.836. The molecule has 1 heterocycles. The van der Waals surface area contributed by atoms with Crippen molar-refractivity contribution in [2.45, 2.75) is 31.8 Å². The van der Waals surface area contributed by atoms with Crippen LogP contribution in [0.2, 0.25) is 0 Å². The van der Waals surface area contributed by atoms with E-state index in [2.05, 4.69) is 4.90 Å². The van der Waals surface area contributed by atoms with Crippen LogP contribution in [0.1, 0.15) is 31.4 Å². The Hall–Kier alpha value is -1.51. The quantitative estimate of drug-likeness (QED) is 0.604. The standard InChI is InChI=1S/C15H23N3O4S/c1-12(14-6-4-5-7-15(14)18(19)20)17-10-8-13(9-11-17)16(2)23(3,21)22/h4-7,12-13H,8-11H2,1-3H3/t12-/m1/s1. The summed E-state index contributed by atoms with van der Waals surface area (Å²) < 4.78 is 24.7. The van der Waals surface area contributed by atoms with Gasteiger partial charge in [-0.1, -0.05) is 18.2 Å². The molecule has 0 unspecified atom stereocenters. The molecule has 0 bridgehead atoms. The van der Waals surface area contributed by atoms with Crippen molar-refractivity contribution < 1.29 is 13.3 Å². The van der Waals surface area contributed by atoms with E-state index in [1.165, 1.54) is 16.6 Å². The zero-order chi connectivity index (χ0) is 17.2. The third-order valence-electron chi connectivity index (χ3n) is 4.67. The first-order chi connectivity index (χ1) is 10.7. The predicted molar refractivity (Wildman–Crippen MR) is 88.7 cm³/mol. The highest BCUT2D eigenvalue weighted by atomic mass is 32.2. The lowest BCUT2D eigenvalue weighted by atomic mass is 9.99. The average Bonchev–Trinajstić information content (AvgIpc) is 2.52. The summed E-state index contributed by atoms with van der Waals surface area (Å²) in [6.07, 6.45) is 2.68. The van der Waals surface area contributed by atoms with Crippen molar-refractivity contribution in [3.05, 3.63) is 39.9 Å². The van der Waals surface area contributed by atoms with Crippen LogP contribution < -0.4 is 0 Å². The maximum atomic E-state index is 11.6. The van der Waals surface area contributed by atoms with Crippen LogP contribution >= 0.6 is 0 Å². The van der Waals surface area contributed by atoms with Crippen molar-refractivity contribution in [2.75, 3.05) is 26.4 Å². The first-order valence-electron chi connectivity index (χ1n) is 7.62. The van der Waals surface area contributed by atoms with Crippen molar-refractivity contribution in [1.82, 2.24) is 9.21 Å². The van der Waals surface area contributed by atoms with Crippen molar-refractivity contribution in [3.8, 4) is 0 Å². The van der Waals surface area contributed by atoms with Crippen LogP contribution in [0.4, 0.5) is 5.69 Å². The van der Waals surface area contributed by atoms with Gasteiger partial charge in [0.25, 0.3) is 5.69 Å². The fourth-order valence-corrected chi connectivity index (χ4v) is 3.86. The van der Waals surface area contributed by atoms with Crippen LogP contribution in [-0.2, 0) is 10.0 Å². The minimum atomic E-state index is -3.18. The molecule has 8 heteroatoms. The lowest BCUT2D eigenvalue weighted by Gasteiger charge is -2.38. The Morgan fingerprint density at radius 1 is 1.30 bits per heavy atom. The highest BCUT2D eigenvalue weighted by molar-refractivity contribution is 7.88. The molecule has 7 nitrogen and oxygen atoms in total. The lowest BCUT2D eigenvalue weighted by Crippen LogP contribution is -2.45. The van der Waals surface area contributed by atoms with Gasteiger partial charge >= 0.3 is 0 Å². The van der Waals surface area contributed by atoms with Gasteiger partial charge in [0, 0.05) is 43.9 Å². The topological polar surface area (TPSA) is 83.8 Å². The van der Waals surface area contributed by atoms with E-state index in [0.29, 0.717) is 5.56 Å². The molecule has 0 saturated carbocycles. The van der Waals surface area contributed by atoms with Gasteiger partial charge in [0.1, 0.15) is 0 Å². The lowest BCUT2D eigenvalue weighted by molar-refractivity contribution is -0.386. The second-order valence-corrected chi connectivity index (χ2v) is 8.08. The Balaban J connectivity index is 2.07. The van der Waals surface area contributed by atoms with Gasteiger partial charge in [-0.05, 0) is 19.8 Å². The number of rotatable bonds is 5. The average molecular weight is 341 g/mol. The van der Waals surface area contributed by atoms with Crippen molar-refractivity contribution >= 4 is 15.7 Å². The molecule has 0 amide bonds. The van der Waals surface area contributed by atoms with Crippen LogP contribution in [0.3, 0.4) is 0 Å². The number of nitro benzene ring substituents is 1. The molecular formula is C15H23N3O4S. The van der Waals surface area contributed by atoms with Gasteiger partial charge in [0.05, 0.1) is 11.2 Å². The minimum Gasteiger partial charge on any atom is -0.296 e. The minimum absolute atomic E-state index is 0.000732. The SMILES string of the molecule is C[C@H](c1ccccc1[N+](=O)[O-])N1CCC(N(C)S(C)(=O)=O)CC1. The molecule has 1 aliphatic heterocycles. The first-order valence-corrected chi connectivity index (χ1v) is 9.47. The zero-order valence-electron chi connectivity index (χ0n) is 13.7. The molecule has 1 aliphatic rings. The molecule has 2 rings (SSSR count). The molecule has 1 aromatic carbocycles. The summed E-state index contributed by atoms with van der Waals surface area (Å²) in [4.78, 5) is 13.0.